The number of benzene rings is 4. The van der Waals surface area contributed by atoms with Gasteiger partial charge in [-0.3, -0.25) is 13.7 Å². The molecule has 0 amide bonds. The molecule has 0 spiro atoms. The molecule has 0 unspecified atom stereocenters. The average molecular weight is 831 g/mol. The molecule has 21 nitrogen and oxygen atoms in total. The minimum Gasteiger partial charge on any atom is -0.505 e. The maximum Gasteiger partial charge on any atom is 0.313 e. The van der Waals surface area contributed by atoms with Gasteiger partial charge in [0.25, 0.3) is 30.4 Å². The quantitative estimate of drug-likeness (QED) is 0.0122. The molecule has 7 N–H and O–H groups in total. The normalized spacial score (nSPS) is 12.6. The number of halogens is 2. The Morgan fingerprint density at radius 2 is 1.48 bits per heavy atom. The molecule has 284 valence electrons. The van der Waals surface area contributed by atoms with Crippen molar-refractivity contribution in [2.45, 2.75) is 14.7 Å². The first kappa shape index (κ1) is 39.8. The van der Waals surface area contributed by atoms with Crippen LogP contribution in [0.4, 0.5) is 48.7 Å². The standard InChI is InChI=1S/C27H20F2N8O13S4/c28-22-11-23(33-27(29)32-22)31-14-3-8-21(54(46,47)48)19(9-14)35-37-25-20(51-50-49-39)10-17-16(26(25)38)6-7-18(30-12-52(40,41)42)24(17)36-34-13-1-4-15(5-2-13)53(43,44)45/h1-11,30,38-39H,12H2,(H,31,32,33)(H,40,41,42)(H,43,44,45)(H,46,47,48)/b36-34+,37-35+. The Morgan fingerprint density at radius 1 is 0.778 bits per heavy atom. The van der Waals surface area contributed by atoms with Crippen LogP contribution in [0.2, 0.25) is 0 Å². The topological polar surface area (TPSA) is 321 Å². The molecule has 0 radical (unpaired) electrons. The van der Waals surface area contributed by atoms with Gasteiger partial charge in [0.15, 0.2) is 5.75 Å². The van der Waals surface area contributed by atoms with Crippen LogP contribution in [0.25, 0.3) is 10.8 Å². The molecule has 0 fully saturated rings. The van der Waals surface area contributed by atoms with Crippen LogP contribution in [0.1, 0.15) is 0 Å². The molecule has 0 atom stereocenters. The van der Waals surface area contributed by atoms with Gasteiger partial charge in [0.2, 0.25) is 5.95 Å². The zero-order valence-corrected chi connectivity index (χ0v) is 29.4. The van der Waals surface area contributed by atoms with Crippen molar-refractivity contribution in [3.05, 3.63) is 78.8 Å². The van der Waals surface area contributed by atoms with Gasteiger partial charge in [0.1, 0.15) is 33.7 Å². The van der Waals surface area contributed by atoms with Gasteiger partial charge < -0.3 is 15.7 Å². The first-order chi connectivity index (χ1) is 25.3. The summed E-state index contributed by atoms with van der Waals surface area (Å²) in [5.41, 5.74) is -1.38. The average Bonchev–Trinajstić information content (AvgIpc) is 3.07. The Morgan fingerprint density at radius 3 is 2.11 bits per heavy atom. The van der Waals surface area contributed by atoms with Gasteiger partial charge in [0.05, 0.1) is 33.2 Å². The third-order valence-corrected chi connectivity index (χ3v) is 9.54. The maximum atomic E-state index is 13.6. The highest BCUT2D eigenvalue weighted by molar-refractivity contribution is 7.94. The minimum atomic E-state index is -4.98. The van der Waals surface area contributed by atoms with Crippen LogP contribution in [0.15, 0.2) is 102 Å². The number of nitrogens with one attached hydrogen (secondary N) is 2. The molecule has 5 aromatic rings. The van der Waals surface area contributed by atoms with Crippen molar-refractivity contribution >= 4 is 93.1 Å². The molecule has 5 rings (SSSR count). The number of rotatable bonds is 14. The van der Waals surface area contributed by atoms with Gasteiger partial charge in [-0.25, -0.2) is 5.26 Å². The fraction of sp³-hybridized carbons (Fsp3) is 0.0370. The summed E-state index contributed by atoms with van der Waals surface area (Å²) >= 11 is 0.219. The van der Waals surface area contributed by atoms with Crippen molar-refractivity contribution in [1.82, 2.24) is 9.97 Å². The van der Waals surface area contributed by atoms with Crippen LogP contribution < -0.4 is 10.6 Å². The van der Waals surface area contributed by atoms with Crippen LogP contribution in [-0.2, 0) is 39.7 Å². The van der Waals surface area contributed by atoms with E-state index in [1.54, 1.807) is 0 Å². The van der Waals surface area contributed by atoms with Gasteiger partial charge in [-0.15, -0.1) is 19.7 Å². The molecule has 54 heavy (non-hydrogen) atoms. The van der Waals surface area contributed by atoms with Crippen molar-refractivity contribution in [3.63, 3.8) is 0 Å². The van der Waals surface area contributed by atoms with E-state index in [1.165, 1.54) is 30.3 Å². The largest absolute Gasteiger partial charge is 0.505 e. The van der Waals surface area contributed by atoms with Gasteiger partial charge in [0, 0.05) is 22.5 Å². The molecule has 0 aliphatic rings. The number of fused-ring (bicyclic) bond motifs is 1. The number of azo groups is 2. The maximum absolute atomic E-state index is 13.6. The highest BCUT2D eigenvalue weighted by atomic mass is 32.2. The first-order valence-corrected chi connectivity index (χ1v) is 19.2. The Labute approximate surface area is 305 Å². The van der Waals surface area contributed by atoms with E-state index >= 15 is 0 Å². The second-order valence-electron chi connectivity index (χ2n) is 10.3. The van der Waals surface area contributed by atoms with E-state index in [0.29, 0.717) is 0 Å². The molecular formula is C27H20F2N8O13S4. The van der Waals surface area contributed by atoms with Crippen molar-refractivity contribution in [2.75, 3.05) is 16.5 Å². The van der Waals surface area contributed by atoms with Crippen LogP contribution in [-0.4, -0.2) is 65.1 Å². The number of hydrogen-bond acceptors (Lipinski definition) is 19. The van der Waals surface area contributed by atoms with Gasteiger partial charge in [-0.2, -0.15) is 49.1 Å². The number of anilines is 3. The molecular weight excluding hydrogens is 811 g/mol. The van der Waals surface area contributed by atoms with Crippen molar-refractivity contribution in [1.29, 1.82) is 0 Å². The molecule has 0 aliphatic carbocycles. The van der Waals surface area contributed by atoms with E-state index in [0.717, 1.165) is 36.4 Å². The van der Waals surface area contributed by atoms with E-state index in [9.17, 15) is 52.8 Å². The van der Waals surface area contributed by atoms with Crippen molar-refractivity contribution < 1.29 is 67.4 Å². The van der Waals surface area contributed by atoms with Crippen LogP contribution in [0.3, 0.4) is 0 Å². The molecule has 1 heterocycles. The van der Waals surface area contributed by atoms with E-state index < -0.39 is 75.2 Å². The van der Waals surface area contributed by atoms with Crippen LogP contribution in [0, 0.1) is 12.0 Å². The number of nitrogens with zero attached hydrogens (tertiary/aromatic N) is 6. The van der Waals surface area contributed by atoms with Crippen LogP contribution >= 0.6 is 12.0 Å². The van der Waals surface area contributed by atoms with Gasteiger partial charge in [-0.1, -0.05) is 5.04 Å². The highest BCUT2D eigenvalue weighted by Gasteiger charge is 2.22. The Balaban J connectivity index is 1.65. The van der Waals surface area contributed by atoms with Crippen molar-refractivity contribution in [3.8, 4) is 5.75 Å². The Kier molecular flexibility index (Phi) is 11.8. The molecule has 4 aromatic carbocycles. The fourth-order valence-corrected chi connectivity index (χ4v) is 6.33. The lowest BCUT2D eigenvalue weighted by molar-refractivity contribution is -0.432. The lowest BCUT2D eigenvalue weighted by atomic mass is 10.1. The summed E-state index contributed by atoms with van der Waals surface area (Å²) in [7, 11) is -14.1. The summed E-state index contributed by atoms with van der Waals surface area (Å²) < 4.78 is 130. The molecule has 0 aliphatic heterocycles. The van der Waals surface area contributed by atoms with Crippen molar-refractivity contribution in [2.24, 2.45) is 20.5 Å². The first-order valence-electron chi connectivity index (χ1n) is 14.0. The smallest absolute Gasteiger partial charge is 0.313 e. The van der Waals surface area contributed by atoms with Crippen LogP contribution in [0.5, 0.6) is 5.75 Å². The fourth-order valence-electron chi connectivity index (χ4n) is 4.43. The third-order valence-electron chi connectivity index (χ3n) is 6.64. The van der Waals surface area contributed by atoms with E-state index in [4.69, 9.17) is 5.26 Å². The van der Waals surface area contributed by atoms with Gasteiger partial charge >= 0.3 is 6.08 Å². The monoisotopic (exact) mass is 830 g/mol. The summed E-state index contributed by atoms with van der Waals surface area (Å²) in [5.74, 6) is -3.35. The summed E-state index contributed by atoms with van der Waals surface area (Å²) in [5, 5.41) is 44.5. The minimum absolute atomic E-state index is 0.0303. The highest BCUT2D eigenvalue weighted by Crippen LogP contribution is 2.48. The zero-order chi connectivity index (χ0) is 39.4. The lowest BCUT2D eigenvalue weighted by Gasteiger charge is -2.14. The number of hydrogen-bond donors (Lipinski definition) is 7. The summed E-state index contributed by atoms with van der Waals surface area (Å²) in [4.78, 5) is 4.72. The predicted molar refractivity (Wildman–Crippen MR) is 182 cm³/mol. The molecule has 0 saturated heterocycles. The van der Waals surface area contributed by atoms with E-state index in [2.05, 4.69) is 50.4 Å². The number of aromatic hydroxyl groups is 1. The Hall–Kier alpha value is -5.36. The summed E-state index contributed by atoms with van der Waals surface area (Å²) in [6.45, 7) is 0. The number of aromatic nitrogens is 2. The number of phenolic OH excluding ortho intramolecular Hbond substituents is 1. The predicted octanol–water partition coefficient (Wildman–Crippen LogP) is 6.37. The zero-order valence-electron chi connectivity index (χ0n) is 26.1. The van der Waals surface area contributed by atoms with Gasteiger partial charge in [-0.05, 0) is 60.7 Å². The molecule has 27 heteroatoms. The SMILES string of the molecule is O=S(=O)(O)CNc1ccc2c(O)c(/N=N/c3cc(Nc4cc(F)nc(F)n4)ccc3S(=O)(=O)O)c(SOOO)cc2c1/N=N/c1ccc(S(=O)(=O)O)cc1. The van der Waals surface area contributed by atoms with E-state index in [-0.39, 0.29) is 56.3 Å². The molecule has 1 aromatic heterocycles. The summed E-state index contributed by atoms with van der Waals surface area (Å²) in [6, 6.07) is 11.7. The molecule has 0 bridgehead atoms. The molecule has 0 saturated carbocycles. The van der Waals surface area contributed by atoms with E-state index in [1.807, 2.05) is 0 Å². The summed E-state index contributed by atoms with van der Waals surface area (Å²) in [6.07, 6.45) is -1.42. The second kappa shape index (κ2) is 15.9. The Bertz CT molecular complexity index is 2630. The second-order valence-corrected chi connectivity index (χ2v) is 15.3. The number of phenols is 1. The third kappa shape index (κ3) is 9.98. The lowest BCUT2D eigenvalue weighted by Crippen LogP contribution is -2.13.